The Morgan fingerprint density at radius 1 is 1.19 bits per heavy atom. The Labute approximate surface area is 99.7 Å². The number of hydrogen-bond acceptors (Lipinski definition) is 2. The molecule has 1 aliphatic carbocycles. The van der Waals surface area contributed by atoms with Gasteiger partial charge in [0.15, 0.2) is 0 Å². The zero-order chi connectivity index (χ0) is 11.0. The minimum Gasteiger partial charge on any atom is -0.388 e. The third-order valence-electron chi connectivity index (χ3n) is 3.67. The van der Waals surface area contributed by atoms with Gasteiger partial charge in [0.25, 0.3) is 0 Å². The van der Waals surface area contributed by atoms with Crippen LogP contribution in [0.5, 0.6) is 0 Å². The van der Waals surface area contributed by atoms with Crippen LogP contribution < -0.4 is 0 Å². The van der Waals surface area contributed by atoms with Crippen LogP contribution in [0.3, 0.4) is 0 Å². The number of benzene rings is 1. The molecule has 1 saturated carbocycles. The van der Waals surface area contributed by atoms with Crippen LogP contribution in [0.1, 0.15) is 37.4 Å². The second kappa shape index (κ2) is 4.19. The van der Waals surface area contributed by atoms with Gasteiger partial charge in [0.1, 0.15) is 0 Å². The first-order chi connectivity index (χ1) is 7.86. The maximum absolute atomic E-state index is 10.4. The largest absolute Gasteiger partial charge is 0.388 e. The van der Waals surface area contributed by atoms with Gasteiger partial charge in [-0.15, -0.1) is 11.3 Å². The lowest BCUT2D eigenvalue weighted by molar-refractivity contribution is 0.113. The van der Waals surface area contributed by atoms with Gasteiger partial charge in [-0.25, -0.2) is 0 Å². The molecule has 16 heavy (non-hydrogen) atoms. The van der Waals surface area contributed by atoms with Crippen molar-refractivity contribution in [2.24, 2.45) is 5.92 Å². The maximum Gasteiger partial charge on any atom is 0.0832 e. The average molecular weight is 232 g/mol. The molecule has 1 aromatic heterocycles. The van der Waals surface area contributed by atoms with Crippen molar-refractivity contribution in [3.8, 4) is 0 Å². The minimum atomic E-state index is -0.259. The molecule has 1 N–H and O–H groups in total. The summed E-state index contributed by atoms with van der Waals surface area (Å²) in [5.41, 5.74) is 1.14. The highest BCUT2D eigenvalue weighted by Gasteiger charge is 2.25. The van der Waals surface area contributed by atoms with Crippen LogP contribution >= 0.6 is 11.3 Å². The molecule has 1 unspecified atom stereocenters. The SMILES string of the molecule is OC(c1cccc2ccsc12)C1CCCC1. The molecule has 0 saturated heterocycles. The zero-order valence-electron chi connectivity index (χ0n) is 9.23. The summed E-state index contributed by atoms with van der Waals surface area (Å²) in [5, 5.41) is 13.8. The molecule has 0 radical (unpaired) electrons. The summed E-state index contributed by atoms with van der Waals surface area (Å²) in [7, 11) is 0. The number of thiophene rings is 1. The highest BCUT2D eigenvalue weighted by molar-refractivity contribution is 7.17. The normalized spacial score (nSPS) is 19.3. The summed E-state index contributed by atoms with van der Waals surface area (Å²) in [4.78, 5) is 0. The van der Waals surface area contributed by atoms with Crippen LogP contribution in [0.25, 0.3) is 10.1 Å². The van der Waals surface area contributed by atoms with E-state index < -0.39 is 0 Å². The second-order valence-electron chi connectivity index (χ2n) is 4.68. The van der Waals surface area contributed by atoms with Gasteiger partial charge in [0.2, 0.25) is 0 Å². The summed E-state index contributed by atoms with van der Waals surface area (Å²) >= 11 is 1.74. The van der Waals surface area contributed by atoms with Gasteiger partial charge in [-0.2, -0.15) is 0 Å². The van der Waals surface area contributed by atoms with Crippen LogP contribution in [-0.4, -0.2) is 5.11 Å². The van der Waals surface area contributed by atoms with Gasteiger partial charge in [0.05, 0.1) is 6.10 Å². The molecule has 0 bridgehead atoms. The van der Waals surface area contributed by atoms with Gasteiger partial charge in [0, 0.05) is 4.70 Å². The topological polar surface area (TPSA) is 20.2 Å². The molecule has 0 aliphatic heterocycles. The minimum absolute atomic E-state index is 0.259. The molecule has 1 nitrogen and oxygen atoms in total. The molecule has 2 heteroatoms. The van der Waals surface area contributed by atoms with E-state index in [-0.39, 0.29) is 6.10 Å². The first-order valence-electron chi connectivity index (χ1n) is 6.00. The van der Waals surface area contributed by atoms with Crippen LogP contribution in [0.15, 0.2) is 29.6 Å². The Kier molecular flexibility index (Phi) is 2.70. The Morgan fingerprint density at radius 3 is 2.81 bits per heavy atom. The fourth-order valence-corrected chi connectivity index (χ4v) is 3.72. The Morgan fingerprint density at radius 2 is 2.00 bits per heavy atom. The second-order valence-corrected chi connectivity index (χ2v) is 5.59. The molecule has 1 aromatic carbocycles. The summed E-state index contributed by atoms with van der Waals surface area (Å²) in [5.74, 6) is 0.479. The smallest absolute Gasteiger partial charge is 0.0832 e. The first-order valence-corrected chi connectivity index (χ1v) is 6.88. The van der Waals surface area contributed by atoms with Crippen molar-refractivity contribution >= 4 is 21.4 Å². The van der Waals surface area contributed by atoms with Crippen molar-refractivity contribution in [1.29, 1.82) is 0 Å². The molecule has 1 atom stereocenters. The highest BCUT2D eigenvalue weighted by Crippen LogP contribution is 2.39. The van der Waals surface area contributed by atoms with Crippen molar-refractivity contribution in [3.05, 3.63) is 35.2 Å². The predicted molar refractivity (Wildman–Crippen MR) is 68.7 cm³/mol. The standard InChI is InChI=1S/C14H16OS/c15-13(10-4-1-2-5-10)12-7-3-6-11-8-9-16-14(11)12/h3,6-10,13,15H,1-2,4-5H2. The highest BCUT2D eigenvalue weighted by atomic mass is 32.1. The lowest BCUT2D eigenvalue weighted by Crippen LogP contribution is -2.08. The third-order valence-corrected chi connectivity index (χ3v) is 4.65. The van der Waals surface area contributed by atoms with Crippen LogP contribution in [0, 0.1) is 5.92 Å². The van der Waals surface area contributed by atoms with E-state index >= 15 is 0 Å². The fraction of sp³-hybridized carbons (Fsp3) is 0.429. The number of rotatable bonds is 2. The van der Waals surface area contributed by atoms with E-state index in [1.165, 1.54) is 35.8 Å². The quantitative estimate of drug-likeness (QED) is 0.825. The van der Waals surface area contributed by atoms with E-state index in [0.29, 0.717) is 5.92 Å². The van der Waals surface area contributed by atoms with Gasteiger partial charge in [-0.3, -0.25) is 0 Å². The van der Waals surface area contributed by atoms with Gasteiger partial charge < -0.3 is 5.11 Å². The Balaban J connectivity index is 2.00. The summed E-state index contributed by atoms with van der Waals surface area (Å²) < 4.78 is 1.27. The van der Waals surface area contributed by atoms with Gasteiger partial charge in [-0.1, -0.05) is 31.0 Å². The van der Waals surface area contributed by atoms with Crippen LogP contribution in [0.2, 0.25) is 0 Å². The number of aliphatic hydroxyl groups excluding tert-OH is 1. The van der Waals surface area contributed by atoms with E-state index in [1.54, 1.807) is 11.3 Å². The molecule has 84 valence electrons. The fourth-order valence-electron chi connectivity index (χ4n) is 2.78. The summed E-state index contributed by atoms with van der Waals surface area (Å²) in [6, 6.07) is 8.39. The molecule has 3 rings (SSSR count). The van der Waals surface area contributed by atoms with Crippen LogP contribution in [-0.2, 0) is 0 Å². The number of aliphatic hydroxyl groups is 1. The summed E-state index contributed by atoms with van der Waals surface area (Å²) in [6.45, 7) is 0. The lowest BCUT2D eigenvalue weighted by atomic mass is 9.94. The molecular formula is C14H16OS. The molecular weight excluding hydrogens is 216 g/mol. The van der Waals surface area contributed by atoms with Gasteiger partial charge in [-0.05, 0) is 41.2 Å². The monoisotopic (exact) mass is 232 g/mol. The molecule has 1 aliphatic rings. The van der Waals surface area contributed by atoms with E-state index in [4.69, 9.17) is 0 Å². The third kappa shape index (κ3) is 1.66. The van der Waals surface area contributed by atoms with E-state index in [1.807, 2.05) is 0 Å². The average Bonchev–Trinajstić information content (AvgIpc) is 2.98. The number of hydrogen-bond donors (Lipinski definition) is 1. The van der Waals surface area contributed by atoms with E-state index in [9.17, 15) is 5.11 Å². The van der Waals surface area contributed by atoms with Crippen molar-refractivity contribution < 1.29 is 5.11 Å². The lowest BCUT2D eigenvalue weighted by Gasteiger charge is -2.18. The molecule has 0 amide bonds. The van der Waals surface area contributed by atoms with Crippen molar-refractivity contribution in [2.45, 2.75) is 31.8 Å². The van der Waals surface area contributed by atoms with Crippen molar-refractivity contribution in [3.63, 3.8) is 0 Å². The Hall–Kier alpha value is -0.860. The maximum atomic E-state index is 10.4. The molecule has 2 aromatic rings. The van der Waals surface area contributed by atoms with Gasteiger partial charge >= 0.3 is 0 Å². The Bertz CT molecular complexity index is 482. The number of fused-ring (bicyclic) bond motifs is 1. The van der Waals surface area contributed by atoms with Crippen molar-refractivity contribution in [2.75, 3.05) is 0 Å². The van der Waals surface area contributed by atoms with E-state index in [0.717, 1.165) is 5.56 Å². The zero-order valence-corrected chi connectivity index (χ0v) is 10.0. The predicted octanol–water partition coefficient (Wildman–Crippen LogP) is 4.12. The molecule has 0 spiro atoms. The molecule has 1 heterocycles. The summed E-state index contributed by atoms with van der Waals surface area (Å²) in [6.07, 6.45) is 4.67. The molecule has 1 fully saturated rings. The first kappa shape index (κ1) is 10.3. The van der Waals surface area contributed by atoms with Crippen LogP contribution in [0.4, 0.5) is 0 Å². The van der Waals surface area contributed by atoms with E-state index in [2.05, 4.69) is 29.6 Å². The van der Waals surface area contributed by atoms with Crippen molar-refractivity contribution in [1.82, 2.24) is 0 Å².